The molecule has 3 N–H and O–H groups in total. The van der Waals surface area contributed by atoms with Crippen molar-refractivity contribution in [1.29, 1.82) is 0 Å². The van der Waals surface area contributed by atoms with Gasteiger partial charge in [-0.3, -0.25) is 0 Å². The molecule has 0 aromatic heterocycles. The second kappa shape index (κ2) is 10.5. The first kappa shape index (κ1) is 27.9. The van der Waals surface area contributed by atoms with Crippen molar-refractivity contribution in [3.8, 4) is 5.75 Å². The van der Waals surface area contributed by atoms with Crippen molar-refractivity contribution in [2.24, 2.45) is 0 Å². The van der Waals surface area contributed by atoms with Crippen LogP contribution < -0.4 is 4.74 Å². The fourth-order valence-corrected chi connectivity index (χ4v) is 3.62. The van der Waals surface area contributed by atoms with Crippen LogP contribution in [0.15, 0.2) is 42.5 Å². The number of ether oxygens (including phenoxy) is 1. The molecule has 0 bridgehead atoms. The molecule has 0 spiro atoms. The molecule has 2 rings (SSSR count). The molecular weight excluding hydrogens is 466 g/mol. The summed E-state index contributed by atoms with van der Waals surface area (Å²) >= 11 is 0. The highest BCUT2D eigenvalue weighted by Gasteiger charge is 2.69. The van der Waals surface area contributed by atoms with Crippen LogP contribution in [0.3, 0.4) is 0 Å². The molecule has 0 aliphatic rings. The fourth-order valence-electron chi connectivity index (χ4n) is 3.62. The Balaban J connectivity index is 2.07. The lowest BCUT2D eigenvalue weighted by atomic mass is 9.78. The first-order valence-electron chi connectivity index (χ1n) is 10.6. The zero-order chi connectivity index (χ0) is 25.8. The summed E-state index contributed by atoms with van der Waals surface area (Å²) in [7, 11) is 0. The highest BCUT2D eigenvalue weighted by molar-refractivity contribution is 5.34. The van der Waals surface area contributed by atoms with Gasteiger partial charge < -0.3 is 20.1 Å². The lowest BCUT2D eigenvalue weighted by Gasteiger charge is -2.33. The molecule has 2 aromatic carbocycles. The van der Waals surface area contributed by atoms with Crippen molar-refractivity contribution < 1.29 is 46.4 Å². The van der Waals surface area contributed by atoms with Crippen LogP contribution in [0.25, 0.3) is 0 Å². The molecule has 0 saturated carbocycles. The normalized spacial score (nSPS) is 13.3. The summed E-state index contributed by atoms with van der Waals surface area (Å²) in [6.45, 7) is 3.07. The summed E-state index contributed by atoms with van der Waals surface area (Å²) in [6.07, 6.45) is -13.7. The number of rotatable bonds is 10. The number of aliphatic hydroxyl groups excluding tert-OH is 2. The van der Waals surface area contributed by atoms with Crippen molar-refractivity contribution in [2.45, 2.75) is 76.3 Å². The highest BCUT2D eigenvalue weighted by Crippen LogP contribution is 2.46. The molecule has 0 unspecified atom stereocenters. The Labute approximate surface area is 193 Å². The molecule has 0 atom stereocenters. The summed E-state index contributed by atoms with van der Waals surface area (Å²) in [5.74, 6) is 0.449. The molecule has 4 nitrogen and oxygen atoms in total. The molecule has 2 aromatic rings. The Morgan fingerprint density at radius 3 is 1.97 bits per heavy atom. The van der Waals surface area contributed by atoms with Crippen LogP contribution >= 0.6 is 0 Å². The summed E-state index contributed by atoms with van der Waals surface area (Å²) in [4.78, 5) is 0. The predicted octanol–water partition coefficient (Wildman–Crippen LogP) is 5.55. The van der Waals surface area contributed by atoms with E-state index in [-0.39, 0.29) is 26.2 Å². The zero-order valence-electron chi connectivity index (χ0n) is 18.8. The van der Waals surface area contributed by atoms with E-state index in [1.807, 2.05) is 0 Å². The van der Waals surface area contributed by atoms with Crippen LogP contribution in [-0.2, 0) is 25.2 Å². The second-order valence-corrected chi connectivity index (χ2v) is 8.83. The Morgan fingerprint density at radius 2 is 1.41 bits per heavy atom. The van der Waals surface area contributed by atoms with Gasteiger partial charge in [0.05, 0.1) is 13.2 Å². The van der Waals surface area contributed by atoms with Crippen LogP contribution in [0.5, 0.6) is 5.75 Å². The average molecular weight is 494 g/mol. The maximum atomic E-state index is 12.9. The smallest absolute Gasteiger partial charge is 0.426 e. The molecule has 34 heavy (non-hydrogen) atoms. The maximum Gasteiger partial charge on any atom is 0.426 e. The number of alkyl halides is 6. The lowest BCUT2D eigenvalue weighted by molar-refractivity contribution is -0.370. The first-order valence-corrected chi connectivity index (χ1v) is 10.6. The monoisotopic (exact) mass is 494 g/mol. The van der Waals surface area contributed by atoms with Crippen LogP contribution in [0.4, 0.5) is 26.3 Å². The summed E-state index contributed by atoms with van der Waals surface area (Å²) in [5.41, 5.74) is -2.98. The molecule has 0 heterocycles. The fraction of sp³-hybridized carbons (Fsp3) is 0.500. The van der Waals surface area contributed by atoms with Gasteiger partial charge in [0.25, 0.3) is 5.60 Å². The van der Waals surface area contributed by atoms with Gasteiger partial charge in [-0.05, 0) is 65.1 Å². The Morgan fingerprint density at radius 1 is 0.794 bits per heavy atom. The third-order valence-corrected chi connectivity index (χ3v) is 5.91. The van der Waals surface area contributed by atoms with Crippen molar-refractivity contribution in [2.75, 3.05) is 0 Å². The summed E-state index contributed by atoms with van der Waals surface area (Å²) in [6, 6.07) is 11.8. The third-order valence-electron chi connectivity index (χ3n) is 5.91. The van der Waals surface area contributed by atoms with Crippen molar-refractivity contribution in [3.63, 3.8) is 0 Å². The maximum absolute atomic E-state index is 12.9. The van der Waals surface area contributed by atoms with Gasteiger partial charge in [-0.25, -0.2) is 0 Å². The van der Waals surface area contributed by atoms with Crippen LogP contribution in [0.2, 0.25) is 0 Å². The molecule has 0 aliphatic carbocycles. The Bertz CT molecular complexity index is 939. The number of aliphatic hydroxyl groups is 3. The number of hydrogen-bond acceptors (Lipinski definition) is 4. The molecule has 0 saturated heterocycles. The Hall–Kier alpha value is -2.30. The van der Waals surface area contributed by atoms with Crippen LogP contribution in [-0.4, -0.2) is 33.3 Å². The third kappa shape index (κ3) is 6.43. The minimum absolute atomic E-state index is 0.0343. The quantitative estimate of drug-likeness (QED) is 0.379. The minimum Gasteiger partial charge on any atom is -0.489 e. The molecule has 0 aliphatic heterocycles. The number of hydrogen-bond donors (Lipinski definition) is 3. The largest absolute Gasteiger partial charge is 0.489 e. The van der Waals surface area contributed by atoms with Gasteiger partial charge in [-0.15, -0.1) is 0 Å². The SMILES string of the molecule is CC(C)(CCCC(O)(C(F)(F)F)C(F)(F)F)c1cccc(OCc2ccc(CO)c(CO)c2)c1. The molecule has 0 fully saturated rings. The van der Waals surface area contributed by atoms with Gasteiger partial charge in [0.2, 0.25) is 0 Å². The standard InChI is InChI=1S/C24H28F6O4/c1-21(2,9-4-10-22(33,23(25,26)27)24(28,29)30)19-5-3-6-20(12-19)34-15-16-7-8-17(13-31)18(11-16)14-32/h3,5-8,11-12,31-33H,4,9-10,13-15H2,1-2H3. The molecular formula is C24H28F6O4. The minimum atomic E-state index is -5.82. The van der Waals surface area contributed by atoms with E-state index in [2.05, 4.69) is 0 Å². The van der Waals surface area contributed by atoms with E-state index in [1.54, 1.807) is 56.3 Å². The Kier molecular flexibility index (Phi) is 8.66. The predicted molar refractivity (Wildman–Crippen MR) is 113 cm³/mol. The van der Waals surface area contributed by atoms with E-state index in [0.29, 0.717) is 22.4 Å². The van der Waals surface area contributed by atoms with Gasteiger partial charge >= 0.3 is 12.4 Å². The summed E-state index contributed by atoms with van der Waals surface area (Å²) < 4.78 is 83.2. The number of benzene rings is 2. The first-order chi connectivity index (χ1) is 15.6. The zero-order valence-corrected chi connectivity index (χ0v) is 18.8. The van der Waals surface area contributed by atoms with E-state index < -0.39 is 36.2 Å². The van der Waals surface area contributed by atoms with Crippen molar-refractivity contribution >= 4 is 0 Å². The molecule has 10 heteroatoms. The van der Waals surface area contributed by atoms with Gasteiger partial charge in [0, 0.05) is 0 Å². The average Bonchev–Trinajstić information content (AvgIpc) is 2.75. The van der Waals surface area contributed by atoms with Crippen molar-refractivity contribution in [3.05, 3.63) is 64.7 Å². The topological polar surface area (TPSA) is 69.9 Å². The van der Waals surface area contributed by atoms with Gasteiger partial charge in [-0.1, -0.05) is 38.1 Å². The van der Waals surface area contributed by atoms with Crippen LogP contribution in [0.1, 0.15) is 55.4 Å². The van der Waals surface area contributed by atoms with E-state index in [0.717, 1.165) is 5.56 Å². The van der Waals surface area contributed by atoms with E-state index >= 15 is 0 Å². The molecule has 190 valence electrons. The number of halogens is 6. The van der Waals surface area contributed by atoms with Gasteiger partial charge in [0.15, 0.2) is 0 Å². The second-order valence-electron chi connectivity index (χ2n) is 8.83. The van der Waals surface area contributed by atoms with Gasteiger partial charge in [-0.2, -0.15) is 26.3 Å². The van der Waals surface area contributed by atoms with Gasteiger partial charge in [0.1, 0.15) is 12.4 Å². The van der Waals surface area contributed by atoms with Crippen molar-refractivity contribution in [1.82, 2.24) is 0 Å². The summed E-state index contributed by atoms with van der Waals surface area (Å²) in [5, 5.41) is 28.0. The van der Waals surface area contributed by atoms with E-state index in [9.17, 15) is 41.7 Å². The molecule has 0 radical (unpaired) electrons. The molecule has 0 amide bonds. The highest BCUT2D eigenvalue weighted by atomic mass is 19.4. The van der Waals surface area contributed by atoms with E-state index in [4.69, 9.17) is 4.74 Å². The lowest BCUT2D eigenvalue weighted by Crippen LogP contribution is -2.56. The van der Waals surface area contributed by atoms with E-state index in [1.165, 1.54) is 0 Å². The van der Waals surface area contributed by atoms with Crippen LogP contribution in [0, 0.1) is 0 Å².